The van der Waals surface area contributed by atoms with Gasteiger partial charge in [-0.15, -0.1) is 0 Å². The van der Waals surface area contributed by atoms with Crippen molar-refractivity contribution >= 4 is 11.8 Å². The van der Waals surface area contributed by atoms with E-state index < -0.39 is 17.7 Å². The number of phenolic OH excluding ortho intramolecular Hbond substituents is 1. The van der Waals surface area contributed by atoms with Crippen molar-refractivity contribution in [2.24, 2.45) is 0 Å². The van der Waals surface area contributed by atoms with E-state index in [2.05, 4.69) is 0 Å². The minimum Gasteiger partial charge on any atom is -0.507 e. The van der Waals surface area contributed by atoms with Crippen LogP contribution in [0.3, 0.4) is 0 Å². The quantitative estimate of drug-likeness (QED) is 0.741. The third-order valence-corrected chi connectivity index (χ3v) is 3.94. The third kappa shape index (κ3) is 1.68. The SMILES string of the molecule is COc1cc(O)c2c(c1)[C@]1(CCC2=O)C[C@@H](O)C(=O)O1. The van der Waals surface area contributed by atoms with Gasteiger partial charge in [-0.2, -0.15) is 0 Å². The lowest BCUT2D eigenvalue weighted by molar-refractivity contribution is -0.154. The van der Waals surface area contributed by atoms with Crippen LogP contribution >= 0.6 is 0 Å². The Morgan fingerprint density at radius 2 is 2.15 bits per heavy atom. The van der Waals surface area contributed by atoms with Crippen molar-refractivity contribution in [3.63, 3.8) is 0 Å². The molecule has 1 saturated heterocycles. The maximum absolute atomic E-state index is 12.0. The van der Waals surface area contributed by atoms with Crippen LogP contribution < -0.4 is 4.74 Å². The molecule has 2 atom stereocenters. The summed E-state index contributed by atoms with van der Waals surface area (Å²) < 4.78 is 10.4. The number of aliphatic hydroxyl groups excluding tert-OH is 1. The Morgan fingerprint density at radius 3 is 2.75 bits per heavy atom. The van der Waals surface area contributed by atoms with Gasteiger partial charge in [-0.25, -0.2) is 4.79 Å². The van der Waals surface area contributed by atoms with E-state index in [1.807, 2.05) is 0 Å². The number of fused-ring (bicyclic) bond motifs is 2. The zero-order valence-corrected chi connectivity index (χ0v) is 10.9. The molecule has 6 nitrogen and oxygen atoms in total. The van der Waals surface area contributed by atoms with Crippen molar-refractivity contribution in [1.82, 2.24) is 0 Å². The van der Waals surface area contributed by atoms with Crippen LogP contribution in [0.2, 0.25) is 0 Å². The first kappa shape index (κ1) is 12.9. The van der Waals surface area contributed by atoms with Crippen LogP contribution in [0.5, 0.6) is 11.5 Å². The molecular weight excluding hydrogens is 264 g/mol. The molecule has 0 amide bonds. The highest BCUT2D eigenvalue weighted by Gasteiger charge is 2.51. The number of hydrogen-bond donors (Lipinski definition) is 2. The summed E-state index contributed by atoms with van der Waals surface area (Å²) >= 11 is 0. The predicted molar refractivity (Wildman–Crippen MR) is 66.6 cm³/mol. The molecule has 1 aliphatic carbocycles. The Kier molecular flexibility index (Phi) is 2.72. The van der Waals surface area contributed by atoms with Gasteiger partial charge in [-0.05, 0) is 12.5 Å². The minimum atomic E-state index is -1.20. The van der Waals surface area contributed by atoms with E-state index in [1.165, 1.54) is 13.2 Å². The summed E-state index contributed by atoms with van der Waals surface area (Å²) in [4.78, 5) is 23.5. The molecule has 6 heteroatoms. The predicted octanol–water partition coefficient (Wildman–Crippen LogP) is 0.880. The van der Waals surface area contributed by atoms with Crippen LogP contribution in [0.25, 0.3) is 0 Å². The molecule has 1 spiro atoms. The van der Waals surface area contributed by atoms with Crippen LogP contribution in [0.1, 0.15) is 35.2 Å². The summed E-state index contributed by atoms with van der Waals surface area (Å²) in [6.07, 6.45) is -0.663. The Labute approximate surface area is 114 Å². The van der Waals surface area contributed by atoms with E-state index in [4.69, 9.17) is 9.47 Å². The number of Topliss-reactive ketones (excluding diaryl/α,β-unsaturated/α-hetero) is 1. The molecule has 0 aromatic heterocycles. The van der Waals surface area contributed by atoms with E-state index >= 15 is 0 Å². The summed E-state index contributed by atoms with van der Waals surface area (Å²) in [5.41, 5.74) is -0.486. The van der Waals surface area contributed by atoms with E-state index in [0.29, 0.717) is 17.7 Å². The van der Waals surface area contributed by atoms with Gasteiger partial charge in [-0.3, -0.25) is 4.79 Å². The minimum absolute atomic E-state index is 0.0821. The summed E-state index contributed by atoms with van der Waals surface area (Å²) in [5, 5.41) is 19.7. The molecule has 1 aliphatic heterocycles. The molecule has 1 fully saturated rings. The second-order valence-corrected chi connectivity index (χ2v) is 5.13. The smallest absolute Gasteiger partial charge is 0.336 e. The van der Waals surface area contributed by atoms with Crippen LogP contribution in [0.4, 0.5) is 0 Å². The molecule has 0 bridgehead atoms. The number of ketones is 1. The molecule has 1 aromatic rings. The van der Waals surface area contributed by atoms with Gasteiger partial charge in [0.25, 0.3) is 0 Å². The fourth-order valence-electron chi connectivity index (χ4n) is 2.96. The van der Waals surface area contributed by atoms with Crippen molar-refractivity contribution in [2.45, 2.75) is 31.0 Å². The Balaban J connectivity index is 2.20. The molecule has 2 aliphatic rings. The maximum atomic E-state index is 12.0. The molecule has 1 heterocycles. The van der Waals surface area contributed by atoms with Crippen LogP contribution in [-0.2, 0) is 15.1 Å². The topological polar surface area (TPSA) is 93.1 Å². The number of methoxy groups -OCH3 is 1. The Bertz CT molecular complexity index is 608. The summed E-state index contributed by atoms with van der Waals surface area (Å²) in [7, 11) is 1.44. The molecule has 0 saturated carbocycles. The lowest BCUT2D eigenvalue weighted by atomic mass is 9.76. The summed E-state index contributed by atoms with van der Waals surface area (Å²) in [6, 6.07) is 2.93. The van der Waals surface area contributed by atoms with Gasteiger partial charge in [0.15, 0.2) is 11.9 Å². The molecule has 3 rings (SSSR count). The maximum Gasteiger partial charge on any atom is 0.336 e. The van der Waals surface area contributed by atoms with Crippen molar-refractivity contribution in [3.05, 3.63) is 23.3 Å². The lowest BCUT2D eigenvalue weighted by Crippen LogP contribution is -2.33. The second-order valence-electron chi connectivity index (χ2n) is 5.13. The molecule has 1 aromatic carbocycles. The third-order valence-electron chi connectivity index (χ3n) is 3.94. The fraction of sp³-hybridized carbons (Fsp3) is 0.429. The number of rotatable bonds is 1. The van der Waals surface area contributed by atoms with Crippen LogP contribution in [0, 0.1) is 0 Å². The Hall–Kier alpha value is -2.08. The highest BCUT2D eigenvalue weighted by molar-refractivity contribution is 6.02. The first-order valence-electron chi connectivity index (χ1n) is 6.32. The number of carbonyl (C=O) groups excluding carboxylic acids is 2. The number of carbonyl (C=O) groups is 2. The first-order chi connectivity index (χ1) is 9.47. The average Bonchev–Trinajstić information content (AvgIpc) is 2.70. The molecular formula is C14H14O6. The molecule has 20 heavy (non-hydrogen) atoms. The van der Waals surface area contributed by atoms with Crippen molar-refractivity contribution in [2.75, 3.05) is 7.11 Å². The van der Waals surface area contributed by atoms with Gasteiger partial charge in [0.2, 0.25) is 0 Å². The zero-order chi connectivity index (χ0) is 14.5. The van der Waals surface area contributed by atoms with Gasteiger partial charge in [-0.1, -0.05) is 0 Å². The van der Waals surface area contributed by atoms with Crippen molar-refractivity contribution in [3.8, 4) is 11.5 Å². The first-order valence-corrected chi connectivity index (χ1v) is 6.32. The average molecular weight is 278 g/mol. The van der Waals surface area contributed by atoms with Gasteiger partial charge < -0.3 is 19.7 Å². The largest absolute Gasteiger partial charge is 0.507 e. The summed E-state index contributed by atoms with van der Waals surface area (Å²) in [6.45, 7) is 0. The van der Waals surface area contributed by atoms with Gasteiger partial charge in [0, 0.05) is 24.5 Å². The van der Waals surface area contributed by atoms with Crippen molar-refractivity contribution in [1.29, 1.82) is 0 Å². The fourth-order valence-corrected chi connectivity index (χ4v) is 2.96. The molecule has 2 N–H and O–H groups in total. The summed E-state index contributed by atoms with van der Waals surface area (Å²) in [5.74, 6) is -0.732. The molecule has 0 radical (unpaired) electrons. The monoisotopic (exact) mass is 278 g/mol. The number of benzene rings is 1. The molecule has 106 valence electrons. The highest BCUT2D eigenvalue weighted by atomic mass is 16.6. The standard InChI is InChI=1S/C14H14O6/c1-19-7-4-8-12(10(16)5-7)9(15)2-3-14(8)6-11(17)13(18)20-14/h4-5,11,16-17H,2-3,6H2,1H3/t11-,14+/m1/s1. The van der Waals surface area contributed by atoms with E-state index in [-0.39, 0.29) is 29.9 Å². The Morgan fingerprint density at radius 1 is 1.40 bits per heavy atom. The number of phenols is 1. The van der Waals surface area contributed by atoms with Crippen LogP contribution in [0.15, 0.2) is 12.1 Å². The zero-order valence-electron chi connectivity index (χ0n) is 10.9. The number of esters is 1. The lowest BCUT2D eigenvalue weighted by Gasteiger charge is -2.33. The second kappa shape index (κ2) is 4.21. The van der Waals surface area contributed by atoms with E-state index in [0.717, 1.165) is 0 Å². The van der Waals surface area contributed by atoms with E-state index in [9.17, 15) is 19.8 Å². The van der Waals surface area contributed by atoms with Crippen LogP contribution in [-0.4, -0.2) is 35.2 Å². The van der Waals surface area contributed by atoms with E-state index in [1.54, 1.807) is 6.07 Å². The van der Waals surface area contributed by atoms with Gasteiger partial charge >= 0.3 is 5.97 Å². The van der Waals surface area contributed by atoms with Gasteiger partial charge in [0.05, 0.1) is 12.7 Å². The normalized spacial score (nSPS) is 28.4. The van der Waals surface area contributed by atoms with Gasteiger partial charge in [0.1, 0.15) is 17.1 Å². The molecule has 0 unspecified atom stereocenters. The van der Waals surface area contributed by atoms with Crippen molar-refractivity contribution < 1.29 is 29.3 Å². The number of aliphatic hydroxyl groups is 1. The number of aromatic hydroxyl groups is 1. The highest BCUT2D eigenvalue weighted by Crippen LogP contribution is 2.48. The number of hydrogen-bond acceptors (Lipinski definition) is 6. The number of ether oxygens (including phenoxy) is 2.